The minimum Gasteiger partial charge on any atom is -0.507 e. The van der Waals surface area contributed by atoms with E-state index in [9.17, 15) is 5.11 Å². The fourth-order valence-electron chi connectivity index (χ4n) is 3.81. The third-order valence-electron chi connectivity index (χ3n) is 5.75. The van der Waals surface area contributed by atoms with Gasteiger partial charge in [0.25, 0.3) is 0 Å². The highest BCUT2D eigenvalue weighted by Gasteiger charge is 2.26. The van der Waals surface area contributed by atoms with E-state index >= 15 is 0 Å². The molecule has 0 spiro atoms. The molecule has 0 fully saturated rings. The molecule has 3 rings (SSSR count). The topological polar surface area (TPSA) is 54.0 Å². The van der Waals surface area contributed by atoms with Crippen LogP contribution in [0.2, 0.25) is 0 Å². The number of aromatic hydroxyl groups is 1. The van der Waals surface area contributed by atoms with Gasteiger partial charge in [-0.3, -0.25) is 0 Å². The molecule has 0 aromatic heterocycles. The Kier molecular flexibility index (Phi) is 9.83. The average molecular weight is 493 g/mol. The number of phenols is 1. The molecule has 0 saturated carbocycles. The van der Waals surface area contributed by atoms with Crippen molar-refractivity contribution in [1.82, 2.24) is 4.90 Å². The predicted molar refractivity (Wildman–Crippen MR) is 152 cm³/mol. The lowest BCUT2D eigenvalue weighted by Crippen LogP contribution is -2.19. The second-order valence-corrected chi connectivity index (χ2v) is 11.4. The Morgan fingerprint density at radius 1 is 0.694 bits per heavy atom. The Morgan fingerprint density at radius 3 is 1.33 bits per heavy atom. The van der Waals surface area contributed by atoms with Crippen LogP contribution < -0.4 is 14.8 Å². The van der Waals surface area contributed by atoms with Gasteiger partial charge < -0.3 is 24.8 Å². The number of hydrogen-bond donors (Lipinski definition) is 2. The van der Waals surface area contributed by atoms with Crippen LogP contribution in [0.15, 0.2) is 60.7 Å². The second-order valence-electron chi connectivity index (χ2n) is 11.4. The van der Waals surface area contributed by atoms with Gasteiger partial charge in [-0.2, -0.15) is 0 Å². The van der Waals surface area contributed by atoms with Crippen molar-refractivity contribution in [3.63, 3.8) is 0 Å². The SMILES string of the molecule is CN(C)Cc1cc(C(C)(C)C)c(O)c(C(C)(C)C)c1.COc1ccc(Nc2ccc(OC)cc2)cc1. The van der Waals surface area contributed by atoms with E-state index in [-0.39, 0.29) is 10.8 Å². The maximum atomic E-state index is 10.6. The summed E-state index contributed by atoms with van der Waals surface area (Å²) in [6, 6.07) is 19.9. The number of phenolic OH excluding ortho intramolecular Hbond substituents is 1. The van der Waals surface area contributed by atoms with E-state index in [0.29, 0.717) is 5.75 Å². The van der Waals surface area contributed by atoms with Crippen LogP contribution in [0.4, 0.5) is 11.4 Å². The van der Waals surface area contributed by atoms with Crippen molar-refractivity contribution < 1.29 is 14.6 Å². The van der Waals surface area contributed by atoms with E-state index in [1.807, 2.05) is 48.5 Å². The molecule has 0 aliphatic heterocycles. The largest absolute Gasteiger partial charge is 0.507 e. The number of nitrogens with one attached hydrogen (secondary N) is 1. The van der Waals surface area contributed by atoms with Gasteiger partial charge >= 0.3 is 0 Å². The van der Waals surface area contributed by atoms with E-state index in [4.69, 9.17) is 9.47 Å². The summed E-state index contributed by atoms with van der Waals surface area (Å²) in [6.45, 7) is 13.8. The highest BCUT2D eigenvalue weighted by atomic mass is 16.5. The second kappa shape index (κ2) is 12.2. The average Bonchev–Trinajstić information content (AvgIpc) is 2.80. The molecule has 196 valence electrons. The van der Waals surface area contributed by atoms with E-state index in [0.717, 1.165) is 40.5 Å². The van der Waals surface area contributed by atoms with Gasteiger partial charge in [-0.1, -0.05) is 53.7 Å². The Morgan fingerprint density at radius 2 is 1.06 bits per heavy atom. The number of benzene rings is 3. The lowest BCUT2D eigenvalue weighted by atomic mass is 9.78. The molecule has 0 atom stereocenters. The van der Waals surface area contributed by atoms with Crippen LogP contribution in [0.5, 0.6) is 17.2 Å². The lowest BCUT2D eigenvalue weighted by Gasteiger charge is -2.28. The molecule has 0 aliphatic rings. The van der Waals surface area contributed by atoms with Crippen molar-refractivity contribution in [1.29, 1.82) is 0 Å². The molecule has 0 unspecified atom stereocenters. The van der Waals surface area contributed by atoms with Crippen LogP contribution in [0.1, 0.15) is 58.2 Å². The number of rotatable bonds is 6. The summed E-state index contributed by atoms with van der Waals surface area (Å²) in [5.74, 6) is 2.16. The van der Waals surface area contributed by atoms with Gasteiger partial charge in [-0.25, -0.2) is 0 Å². The van der Waals surface area contributed by atoms with Gasteiger partial charge in [-0.05, 0) is 90.1 Å². The highest BCUT2D eigenvalue weighted by molar-refractivity contribution is 5.61. The molecule has 0 aliphatic carbocycles. The van der Waals surface area contributed by atoms with Gasteiger partial charge in [-0.15, -0.1) is 0 Å². The Hall–Kier alpha value is -3.18. The van der Waals surface area contributed by atoms with Crippen LogP contribution in [0.3, 0.4) is 0 Å². The van der Waals surface area contributed by atoms with Crippen molar-refractivity contribution in [2.75, 3.05) is 33.6 Å². The first-order valence-corrected chi connectivity index (χ1v) is 12.3. The fraction of sp³-hybridized carbons (Fsp3) is 0.419. The molecule has 2 N–H and O–H groups in total. The predicted octanol–water partition coefficient (Wildman–Crippen LogP) is 7.50. The van der Waals surface area contributed by atoms with Gasteiger partial charge in [0.2, 0.25) is 0 Å². The first-order chi connectivity index (χ1) is 16.7. The van der Waals surface area contributed by atoms with Crippen molar-refractivity contribution in [2.24, 2.45) is 0 Å². The zero-order valence-corrected chi connectivity index (χ0v) is 23.7. The van der Waals surface area contributed by atoms with Crippen molar-refractivity contribution in [3.8, 4) is 17.2 Å². The zero-order valence-electron chi connectivity index (χ0n) is 23.7. The number of ether oxygens (including phenoxy) is 2. The summed E-state index contributed by atoms with van der Waals surface area (Å²) in [7, 11) is 7.46. The third kappa shape index (κ3) is 8.49. The molecule has 0 radical (unpaired) electrons. The number of hydrogen-bond acceptors (Lipinski definition) is 5. The zero-order chi connectivity index (χ0) is 27.1. The fourth-order valence-corrected chi connectivity index (χ4v) is 3.81. The first-order valence-electron chi connectivity index (χ1n) is 12.3. The molecule has 0 bridgehead atoms. The van der Waals surface area contributed by atoms with E-state index < -0.39 is 0 Å². The minimum absolute atomic E-state index is 0.0492. The van der Waals surface area contributed by atoms with Gasteiger partial charge in [0.1, 0.15) is 17.2 Å². The molecule has 5 nitrogen and oxygen atoms in total. The maximum Gasteiger partial charge on any atom is 0.123 e. The van der Waals surface area contributed by atoms with Crippen LogP contribution in [0, 0.1) is 0 Å². The first kappa shape index (κ1) is 29.1. The standard InChI is InChI=1S/C17H29NO.C14H15NO2/c1-16(2,3)13-9-12(11-18(7)8)10-14(15(13)19)17(4,5)6;1-16-13-7-3-11(4-8-13)15-12-5-9-14(17-2)10-6-12/h9-10,19H,11H2,1-8H3;3-10,15H,1-2H3. The Balaban J connectivity index is 0.000000255. The third-order valence-corrected chi connectivity index (χ3v) is 5.75. The Labute approximate surface area is 218 Å². The van der Waals surface area contributed by atoms with Crippen LogP contribution >= 0.6 is 0 Å². The van der Waals surface area contributed by atoms with Crippen molar-refractivity contribution in [3.05, 3.63) is 77.4 Å². The molecular weight excluding hydrogens is 448 g/mol. The molecule has 5 heteroatoms. The minimum atomic E-state index is -0.0492. The van der Waals surface area contributed by atoms with Crippen LogP contribution in [-0.4, -0.2) is 38.3 Å². The summed E-state index contributed by atoms with van der Waals surface area (Å²) < 4.78 is 10.2. The monoisotopic (exact) mass is 492 g/mol. The summed E-state index contributed by atoms with van der Waals surface area (Å²) in [5.41, 5.74) is 5.29. The van der Waals surface area contributed by atoms with Gasteiger partial charge in [0, 0.05) is 17.9 Å². The van der Waals surface area contributed by atoms with E-state index in [1.54, 1.807) is 14.2 Å². The summed E-state index contributed by atoms with van der Waals surface area (Å²) in [6.07, 6.45) is 0. The van der Waals surface area contributed by atoms with Gasteiger partial charge in [0.05, 0.1) is 14.2 Å². The van der Waals surface area contributed by atoms with Gasteiger partial charge in [0.15, 0.2) is 0 Å². The number of nitrogens with zero attached hydrogens (tertiary/aromatic N) is 1. The normalized spacial score (nSPS) is 11.5. The summed E-state index contributed by atoms with van der Waals surface area (Å²) in [5, 5.41) is 13.9. The van der Waals surface area contributed by atoms with Crippen LogP contribution in [0.25, 0.3) is 0 Å². The maximum absolute atomic E-state index is 10.6. The summed E-state index contributed by atoms with van der Waals surface area (Å²) >= 11 is 0. The smallest absolute Gasteiger partial charge is 0.123 e. The lowest BCUT2D eigenvalue weighted by molar-refractivity contribution is 0.395. The van der Waals surface area contributed by atoms with Crippen LogP contribution in [-0.2, 0) is 17.4 Å². The molecule has 36 heavy (non-hydrogen) atoms. The Bertz CT molecular complexity index is 1010. The molecule has 3 aromatic carbocycles. The molecule has 3 aromatic rings. The molecule has 0 saturated heterocycles. The quantitative estimate of drug-likeness (QED) is 0.373. The molecule has 0 heterocycles. The van der Waals surface area contributed by atoms with E-state index in [1.165, 1.54) is 5.56 Å². The number of methoxy groups -OCH3 is 2. The highest BCUT2D eigenvalue weighted by Crippen LogP contribution is 2.39. The number of anilines is 2. The molecule has 0 amide bonds. The summed E-state index contributed by atoms with van der Waals surface area (Å²) in [4.78, 5) is 2.16. The van der Waals surface area contributed by atoms with Crippen molar-refractivity contribution in [2.45, 2.75) is 58.9 Å². The van der Waals surface area contributed by atoms with Crippen molar-refractivity contribution >= 4 is 11.4 Å². The van der Waals surface area contributed by atoms with E-state index in [2.05, 4.69) is 78.0 Å². The molecular formula is C31H44N2O3.